The minimum atomic E-state index is -0.221. The zero-order valence-electron chi connectivity index (χ0n) is 14.3. The molecule has 0 atom stereocenters. The SMILES string of the molecule is Cc1ccc(C(=O)NCCC/C=C/C(=O)Nc2ccccc2N)cc1. The molecule has 25 heavy (non-hydrogen) atoms. The quantitative estimate of drug-likeness (QED) is 0.412. The molecule has 2 aromatic carbocycles. The summed E-state index contributed by atoms with van der Waals surface area (Å²) in [6, 6.07) is 14.6. The summed E-state index contributed by atoms with van der Waals surface area (Å²) in [4.78, 5) is 23.7. The number of nitrogens with two attached hydrogens (primary N) is 1. The molecule has 0 aliphatic carbocycles. The normalized spacial score (nSPS) is 10.6. The zero-order valence-corrected chi connectivity index (χ0v) is 14.3. The Kier molecular flexibility index (Phi) is 6.77. The molecule has 4 N–H and O–H groups in total. The molecule has 0 aliphatic heterocycles. The van der Waals surface area contributed by atoms with Gasteiger partial charge in [0.05, 0.1) is 11.4 Å². The van der Waals surface area contributed by atoms with Gasteiger partial charge in [-0.25, -0.2) is 0 Å². The maximum absolute atomic E-state index is 11.9. The molecule has 130 valence electrons. The number of benzene rings is 2. The second-order valence-electron chi connectivity index (χ2n) is 5.74. The van der Waals surface area contributed by atoms with Crippen LogP contribution >= 0.6 is 0 Å². The third-order valence-electron chi connectivity index (χ3n) is 3.63. The number of nitrogens with one attached hydrogen (secondary N) is 2. The van der Waals surface area contributed by atoms with Crippen molar-refractivity contribution in [3.63, 3.8) is 0 Å². The van der Waals surface area contributed by atoms with Crippen LogP contribution in [0.4, 0.5) is 11.4 Å². The minimum absolute atomic E-state index is 0.0822. The van der Waals surface area contributed by atoms with E-state index in [1.807, 2.05) is 43.3 Å². The van der Waals surface area contributed by atoms with Gasteiger partial charge in [0.25, 0.3) is 5.91 Å². The maximum atomic E-state index is 11.9. The van der Waals surface area contributed by atoms with E-state index < -0.39 is 0 Å². The third kappa shape index (κ3) is 6.14. The number of allylic oxidation sites excluding steroid dienone is 1. The van der Waals surface area contributed by atoms with Crippen LogP contribution in [0.2, 0.25) is 0 Å². The number of hydrogen-bond acceptors (Lipinski definition) is 3. The van der Waals surface area contributed by atoms with Crippen molar-refractivity contribution in [3.05, 3.63) is 71.8 Å². The van der Waals surface area contributed by atoms with Crippen molar-refractivity contribution >= 4 is 23.2 Å². The number of unbranched alkanes of at least 4 members (excludes halogenated alkanes) is 1. The van der Waals surface area contributed by atoms with Gasteiger partial charge in [-0.2, -0.15) is 0 Å². The number of carbonyl (C=O) groups excluding carboxylic acids is 2. The molecule has 0 bridgehead atoms. The van der Waals surface area contributed by atoms with Gasteiger partial charge >= 0.3 is 0 Å². The Balaban J connectivity index is 1.66. The van der Waals surface area contributed by atoms with E-state index in [9.17, 15) is 9.59 Å². The van der Waals surface area contributed by atoms with Gasteiger partial charge in [0.15, 0.2) is 0 Å². The van der Waals surface area contributed by atoms with Crippen LogP contribution in [0.3, 0.4) is 0 Å². The topological polar surface area (TPSA) is 84.2 Å². The summed E-state index contributed by atoms with van der Waals surface area (Å²) in [7, 11) is 0. The van der Waals surface area contributed by atoms with Crippen LogP contribution < -0.4 is 16.4 Å². The predicted octanol–water partition coefficient (Wildman–Crippen LogP) is 3.28. The highest BCUT2D eigenvalue weighted by atomic mass is 16.2. The molecule has 2 amide bonds. The summed E-state index contributed by atoms with van der Waals surface area (Å²) in [5.74, 6) is -0.303. The van der Waals surface area contributed by atoms with Crippen LogP contribution in [-0.2, 0) is 4.79 Å². The molecule has 2 aromatic rings. The van der Waals surface area contributed by atoms with E-state index in [0.29, 0.717) is 29.9 Å². The van der Waals surface area contributed by atoms with Crippen molar-refractivity contribution < 1.29 is 9.59 Å². The molecule has 0 unspecified atom stereocenters. The fourth-order valence-electron chi connectivity index (χ4n) is 2.20. The molecular weight excluding hydrogens is 314 g/mol. The van der Waals surface area contributed by atoms with E-state index in [1.165, 1.54) is 6.08 Å². The van der Waals surface area contributed by atoms with Crippen molar-refractivity contribution in [3.8, 4) is 0 Å². The lowest BCUT2D eigenvalue weighted by molar-refractivity contribution is -0.111. The largest absolute Gasteiger partial charge is 0.397 e. The Bertz CT molecular complexity index is 752. The summed E-state index contributed by atoms with van der Waals surface area (Å²) in [6.07, 6.45) is 4.72. The Hall–Kier alpha value is -3.08. The Morgan fingerprint density at radius 3 is 2.52 bits per heavy atom. The van der Waals surface area contributed by atoms with Crippen LogP contribution in [0.5, 0.6) is 0 Å². The lowest BCUT2D eigenvalue weighted by atomic mass is 10.1. The van der Waals surface area contributed by atoms with E-state index in [1.54, 1.807) is 18.2 Å². The van der Waals surface area contributed by atoms with Crippen LogP contribution in [0.15, 0.2) is 60.7 Å². The summed E-state index contributed by atoms with van der Waals surface area (Å²) in [5.41, 5.74) is 8.68. The highest BCUT2D eigenvalue weighted by molar-refractivity contribution is 6.01. The van der Waals surface area contributed by atoms with Crippen molar-refractivity contribution in [2.45, 2.75) is 19.8 Å². The summed E-state index contributed by atoms with van der Waals surface area (Å²) < 4.78 is 0. The van der Waals surface area contributed by atoms with Crippen molar-refractivity contribution in [1.82, 2.24) is 5.32 Å². The number of amides is 2. The number of carbonyl (C=O) groups is 2. The number of aryl methyl sites for hydroxylation is 1. The lowest BCUT2D eigenvalue weighted by Gasteiger charge is -2.05. The van der Waals surface area contributed by atoms with Crippen LogP contribution in [0.25, 0.3) is 0 Å². The first-order valence-electron chi connectivity index (χ1n) is 8.23. The first-order valence-corrected chi connectivity index (χ1v) is 8.23. The van der Waals surface area contributed by atoms with Gasteiger partial charge in [-0.3, -0.25) is 9.59 Å². The molecule has 5 heteroatoms. The zero-order chi connectivity index (χ0) is 18.1. The summed E-state index contributed by atoms with van der Waals surface area (Å²) >= 11 is 0. The standard InChI is InChI=1S/C20H23N3O2/c1-15-10-12-16(13-11-15)20(25)22-14-6-2-3-9-19(24)23-18-8-5-4-7-17(18)21/h3-5,7-13H,2,6,14,21H2,1H3,(H,22,25)(H,23,24)/b9-3+. The second kappa shape index (κ2) is 9.27. The third-order valence-corrected chi connectivity index (χ3v) is 3.63. The molecule has 2 rings (SSSR count). The van der Waals surface area contributed by atoms with E-state index in [-0.39, 0.29) is 11.8 Å². The van der Waals surface area contributed by atoms with E-state index in [0.717, 1.165) is 12.0 Å². The van der Waals surface area contributed by atoms with Gasteiger partial charge < -0.3 is 16.4 Å². The highest BCUT2D eigenvalue weighted by Gasteiger charge is 2.03. The average Bonchev–Trinajstić information content (AvgIpc) is 2.60. The maximum Gasteiger partial charge on any atom is 0.251 e. The minimum Gasteiger partial charge on any atom is -0.397 e. The van der Waals surface area contributed by atoms with Gasteiger partial charge in [-0.15, -0.1) is 0 Å². The van der Waals surface area contributed by atoms with Gasteiger partial charge in [0.1, 0.15) is 0 Å². The molecule has 0 radical (unpaired) electrons. The van der Waals surface area contributed by atoms with Crippen molar-refractivity contribution in [2.24, 2.45) is 0 Å². The second-order valence-corrected chi connectivity index (χ2v) is 5.74. The van der Waals surface area contributed by atoms with E-state index >= 15 is 0 Å². The Labute approximate surface area is 147 Å². The number of hydrogen-bond donors (Lipinski definition) is 3. The monoisotopic (exact) mass is 337 g/mol. The predicted molar refractivity (Wildman–Crippen MR) is 101 cm³/mol. The lowest BCUT2D eigenvalue weighted by Crippen LogP contribution is -2.24. The molecular formula is C20H23N3O2. The first-order chi connectivity index (χ1) is 12.1. The molecule has 0 aromatic heterocycles. The molecule has 5 nitrogen and oxygen atoms in total. The highest BCUT2D eigenvalue weighted by Crippen LogP contribution is 2.16. The van der Waals surface area contributed by atoms with Crippen LogP contribution in [-0.4, -0.2) is 18.4 Å². The first kappa shape index (κ1) is 18.3. The average molecular weight is 337 g/mol. The Morgan fingerprint density at radius 1 is 1.08 bits per heavy atom. The van der Waals surface area contributed by atoms with E-state index in [4.69, 9.17) is 5.73 Å². The van der Waals surface area contributed by atoms with Crippen LogP contribution in [0, 0.1) is 6.92 Å². The van der Waals surface area contributed by atoms with E-state index in [2.05, 4.69) is 10.6 Å². The van der Waals surface area contributed by atoms with Crippen molar-refractivity contribution in [1.29, 1.82) is 0 Å². The smallest absolute Gasteiger partial charge is 0.251 e. The van der Waals surface area contributed by atoms with Crippen LogP contribution in [0.1, 0.15) is 28.8 Å². The summed E-state index contributed by atoms with van der Waals surface area (Å²) in [5, 5.41) is 5.59. The number of rotatable bonds is 7. The fraction of sp³-hybridized carbons (Fsp3) is 0.200. The summed E-state index contributed by atoms with van der Waals surface area (Å²) in [6.45, 7) is 2.54. The number of nitrogen functional groups attached to an aromatic ring is 1. The fourth-order valence-corrected chi connectivity index (χ4v) is 2.20. The van der Waals surface area contributed by atoms with Gasteiger partial charge in [-0.05, 0) is 50.1 Å². The molecule has 0 saturated carbocycles. The van der Waals surface area contributed by atoms with Gasteiger partial charge in [0.2, 0.25) is 5.91 Å². The van der Waals surface area contributed by atoms with Crippen molar-refractivity contribution in [2.75, 3.05) is 17.6 Å². The molecule has 0 aliphatic rings. The molecule has 0 spiro atoms. The Morgan fingerprint density at radius 2 is 1.80 bits per heavy atom. The number of anilines is 2. The molecule has 0 saturated heterocycles. The number of para-hydroxylation sites is 2. The molecule has 0 heterocycles. The van der Waals surface area contributed by atoms with Gasteiger partial charge in [0, 0.05) is 12.1 Å². The molecule has 0 fully saturated rings. The van der Waals surface area contributed by atoms with Gasteiger partial charge in [-0.1, -0.05) is 35.9 Å².